The SMILES string of the molecule is COc1cc(P(C)(C)=O)ccc1NCC#Cc1sc2c(NC3CCN(C)CC3C(F)(F)F)cccc2c1C(F)C(F)F. The summed E-state index contributed by atoms with van der Waals surface area (Å²) in [5.41, 5.74) is 0.616. The number of rotatable bonds is 8. The zero-order valence-electron chi connectivity index (χ0n) is 23.5. The fourth-order valence-corrected chi connectivity index (χ4v) is 7.03. The maximum atomic E-state index is 14.9. The molecule has 228 valence electrons. The molecule has 1 fully saturated rings. The van der Waals surface area contributed by atoms with E-state index >= 15 is 0 Å². The van der Waals surface area contributed by atoms with Crippen molar-refractivity contribution in [3.05, 3.63) is 46.8 Å². The summed E-state index contributed by atoms with van der Waals surface area (Å²) in [4.78, 5) is 1.69. The van der Waals surface area contributed by atoms with Crippen LogP contribution >= 0.6 is 18.5 Å². The van der Waals surface area contributed by atoms with E-state index in [1.165, 1.54) is 19.2 Å². The lowest BCUT2D eigenvalue weighted by Gasteiger charge is -2.38. The summed E-state index contributed by atoms with van der Waals surface area (Å²) < 4.78 is 102. The number of thiophene rings is 1. The molecule has 3 aromatic rings. The summed E-state index contributed by atoms with van der Waals surface area (Å²) in [6.45, 7) is 3.63. The lowest BCUT2D eigenvalue weighted by atomic mass is 9.91. The number of hydrogen-bond acceptors (Lipinski definition) is 6. The van der Waals surface area contributed by atoms with Gasteiger partial charge in [0.1, 0.15) is 12.9 Å². The van der Waals surface area contributed by atoms with Crippen molar-refractivity contribution >= 4 is 45.2 Å². The van der Waals surface area contributed by atoms with Crippen LogP contribution < -0.4 is 20.7 Å². The van der Waals surface area contributed by atoms with Gasteiger partial charge in [-0.2, -0.15) is 13.2 Å². The molecule has 0 radical (unpaired) electrons. The fourth-order valence-electron chi connectivity index (χ4n) is 4.99. The van der Waals surface area contributed by atoms with Gasteiger partial charge in [-0.05, 0) is 57.6 Å². The molecule has 1 aliphatic heterocycles. The Morgan fingerprint density at radius 3 is 2.55 bits per heavy atom. The molecule has 0 amide bonds. The Morgan fingerprint density at radius 1 is 1.17 bits per heavy atom. The first-order valence-corrected chi connectivity index (χ1v) is 16.6. The van der Waals surface area contributed by atoms with Crippen molar-refractivity contribution in [3.8, 4) is 17.6 Å². The Kier molecular flexibility index (Phi) is 9.75. The molecule has 3 atom stereocenters. The molecule has 1 saturated heterocycles. The lowest BCUT2D eigenvalue weighted by molar-refractivity contribution is -0.188. The summed E-state index contributed by atoms with van der Waals surface area (Å²) in [6, 6.07) is 8.71. The molecule has 0 spiro atoms. The van der Waals surface area contributed by atoms with Gasteiger partial charge in [-0.1, -0.05) is 24.0 Å². The van der Waals surface area contributed by atoms with Crippen LogP contribution in [0.1, 0.15) is 23.0 Å². The number of methoxy groups -OCH3 is 1. The zero-order valence-corrected chi connectivity index (χ0v) is 25.2. The van der Waals surface area contributed by atoms with Gasteiger partial charge in [-0.15, -0.1) is 11.3 Å². The Labute approximate surface area is 245 Å². The molecule has 1 aliphatic rings. The van der Waals surface area contributed by atoms with E-state index in [1.807, 2.05) is 0 Å². The minimum atomic E-state index is -4.43. The fraction of sp³-hybridized carbons (Fsp3) is 0.448. The van der Waals surface area contributed by atoms with Crippen molar-refractivity contribution in [3.63, 3.8) is 0 Å². The van der Waals surface area contributed by atoms with Crippen LogP contribution in [-0.2, 0) is 4.57 Å². The minimum Gasteiger partial charge on any atom is -0.495 e. The van der Waals surface area contributed by atoms with Crippen LogP contribution in [0.15, 0.2) is 36.4 Å². The summed E-state index contributed by atoms with van der Waals surface area (Å²) >= 11 is 0.968. The quantitative estimate of drug-likeness (QED) is 0.157. The Morgan fingerprint density at radius 2 is 1.90 bits per heavy atom. The normalized spacial score (nSPS) is 18.9. The number of halogens is 6. The third-order valence-electron chi connectivity index (χ3n) is 7.20. The Bertz CT molecular complexity index is 1530. The average molecular weight is 632 g/mol. The van der Waals surface area contributed by atoms with Gasteiger partial charge in [0.05, 0.1) is 40.5 Å². The zero-order chi connectivity index (χ0) is 30.8. The second kappa shape index (κ2) is 12.8. The Balaban J connectivity index is 1.64. The molecule has 0 aliphatic carbocycles. The summed E-state index contributed by atoms with van der Waals surface area (Å²) in [5.74, 6) is 4.43. The molecule has 42 heavy (non-hydrogen) atoms. The maximum Gasteiger partial charge on any atom is 0.394 e. The predicted octanol–water partition coefficient (Wildman–Crippen LogP) is 7.19. The van der Waals surface area contributed by atoms with Gasteiger partial charge >= 0.3 is 6.18 Å². The number of ether oxygens (including phenoxy) is 1. The average Bonchev–Trinajstić information content (AvgIpc) is 3.29. The standard InChI is InChI=1S/C29H32F6N3O2PS/c1-38-14-12-20(19(16-38)29(33,34)35)37-22-8-5-7-18-25(26(30)28(31)32)24(42-27(18)22)9-6-13-36-21-11-10-17(41(3,4)39)15-23(21)40-2/h5,7-8,10-11,15,19-20,26,28,36-37H,12-14,16H2,1-4H3. The molecule has 2 heterocycles. The highest BCUT2D eigenvalue weighted by molar-refractivity contribution is 7.70. The van der Waals surface area contributed by atoms with E-state index in [9.17, 15) is 30.9 Å². The van der Waals surface area contributed by atoms with Crippen LogP contribution in [0.25, 0.3) is 10.1 Å². The molecule has 4 rings (SSSR count). The molecular formula is C29H32F6N3O2PS. The first-order chi connectivity index (χ1) is 19.7. The number of benzene rings is 2. The van der Waals surface area contributed by atoms with E-state index in [1.54, 1.807) is 49.5 Å². The van der Waals surface area contributed by atoms with Crippen LogP contribution in [0.2, 0.25) is 0 Å². The second-order valence-corrected chi connectivity index (χ2v) is 14.8. The van der Waals surface area contributed by atoms with Gasteiger partial charge in [-0.3, -0.25) is 0 Å². The number of likely N-dealkylation sites (tertiary alicyclic amines) is 1. The van der Waals surface area contributed by atoms with Crippen molar-refractivity contribution in [2.75, 3.05) is 57.8 Å². The van der Waals surface area contributed by atoms with E-state index in [-0.39, 0.29) is 35.3 Å². The number of nitrogens with one attached hydrogen (secondary N) is 2. The van der Waals surface area contributed by atoms with E-state index in [0.29, 0.717) is 33.7 Å². The number of alkyl halides is 6. The third-order valence-corrected chi connectivity index (χ3v) is 9.90. The Hall–Kier alpha value is -2.87. The first-order valence-electron chi connectivity index (χ1n) is 13.2. The van der Waals surface area contributed by atoms with Crippen molar-refractivity contribution in [2.45, 2.75) is 31.2 Å². The monoisotopic (exact) mass is 631 g/mol. The van der Waals surface area contributed by atoms with Gasteiger partial charge in [0.2, 0.25) is 0 Å². The van der Waals surface area contributed by atoms with Crippen molar-refractivity contribution < 1.29 is 35.6 Å². The molecule has 3 unspecified atom stereocenters. The highest BCUT2D eigenvalue weighted by Gasteiger charge is 2.47. The third kappa shape index (κ3) is 7.19. The van der Waals surface area contributed by atoms with Crippen molar-refractivity contribution in [1.82, 2.24) is 4.90 Å². The second-order valence-electron chi connectivity index (χ2n) is 10.6. The van der Waals surface area contributed by atoms with E-state index in [4.69, 9.17) is 4.74 Å². The summed E-state index contributed by atoms with van der Waals surface area (Å²) in [5, 5.41) is 6.87. The molecule has 13 heteroatoms. The number of hydrogen-bond donors (Lipinski definition) is 2. The number of anilines is 2. The van der Waals surface area contributed by atoms with Crippen molar-refractivity contribution in [2.24, 2.45) is 5.92 Å². The topological polar surface area (TPSA) is 53.6 Å². The summed E-state index contributed by atoms with van der Waals surface area (Å²) in [7, 11) is 0.587. The van der Waals surface area contributed by atoms with E-state index < -0.39 is 37.9 Å². The lowest BCUT2D eigenvalue weighted by Crippen LogP contribution is -2.50. The van der Waals surface area contributed by atoms with Crippen LogP contribution in [0, 0.1) is 17.8 Å². The molecule has 5 nitrogen and oxygen atoms in total. The van der Waals surface area contributed by atoms with Gasteiger partial charge in [0, 0.05) is 28.8 Å². The molecule has 0 bridgehead atoms. The van der Waals surface area contributed by atoms with E-state index in [2.05, 4.69) is 22.5 Å². The molecule has 0 saturated carbocycles. The smallest absolute Gasteiger partial charge is 0.394 e. The van der Waals surface area contributed by atoms with Gasteiger partial charge < -0.3 is 24.8 Å². The molecule has 2 N–H and O–H groups in total. The predicted molar refractivity (Wildman–Crippen MR) is 158 cm³/mol. The van der Waals surface area contributed by atoms with Gasteiger partial charge in [0.15, 0.2) is 6.17 Å². The first kappa shape index (κ1) is 32.1. The largest absolute Gasteiger partial charge is 0.495 e. The summed E-state index contributed by atoms with van der Waals surface area (Å²) in [6.07, 6.45) is -10.1. The highest BCUT2D eigenvalue weighted by atomic mass is 32.1. The van der Waals surface area contributed by atoms with Gasteiger partial charge in [0.25, 0.3) is 6.43 Å². The minimum absolute atomic E-state index is 0.0545. The molecular weight excluding hydrogens is 599 g/mol. The number of piperidine rings is 1. The van der Waals surface area contributed by atoms with Crippen molar-refractivity contribution in [1.29, 1.82) is 0 Å². The van der Waals surface area contributed by atoms with Gasteiger partial charge in [-0.25, -0.2) is 13.2 Å². The van der Waals surface area contributed by atoms with Crippen LogP contribution in [0.4, 0.5) is 37.7 Å². The molecule has 2 aromatic carbocycles. The van der Waals surface area contributed by atoms with Crippen LogP contribution in [-0.4, -0.2) is 70.7 Å². The number of fused-ring (bicyclic) bond motifs is 1. The number of nitrogens with zero attached hydrogens (tertiary/aromatic N) is 1. The van der Waals surface area contributed by atoms with Crippen LogP contribution in [0.3, 0.4) is 0 Å². The van der Waals surface area contributed by atoms with E-state index in [0.717, 1.165) is 11.3 Å². The van der Waals surface area contributed by atoms with Crippen LogP contribution in [0.5, 0.6) is 5.75 Å². The maximum absolute atomic E-state index is 14.9. The highest BCUT2D eigenvalue weighted by Crippen LogP contribution is 2.43. The molecule has 1 aromatic heterocycles.